The topological polar surface area (TPSA) is 46.5 Å². The van der Waals surface area contributed by atoms with Gasteiger partial charge in [0.15, 0.2) is 0 Å². The molecular formula is C25H26O3. The molecule has 0 aliphatic rings. The van der Waals surface area contributed by atoms with Crippen molar-refractivity contribution in [1.82, 2.24) is 0 Å². The zero-order chi connectivity index (χ0) is 20.0. The molecule has 0 spiro atoms. The molecule has 28 heavy (non-hydrogen) atoms. The van der Waals surface area contributed by atoms with E-state index >= 15 is 0 Å². The third kappa shape index (κ3) is 4.87. The van der Waals surface area contributed by atoms with E-state index < -0.39 is 11.4 Å². The van der Waals surface area contributed by atoms with Gasteiger partial charge < -0.3 is 9.84 Å². The van der Waals surface area contributed by atoms with Gasteiger partial charge in [-0.1, -0.05) is 78.9 Å². The van der Waals surface area contributed by atoms with Crippen molar-refractivity contribution >= 4 is 5.97 Å². The van der Waals surface area contributed by atoms with Crippen LogP contribution in [-0.4, -0.2) is 17.7 Å². The van der Waals surface area contributed by atoms with Crippen molar-refractivity contribution in [3.8, 4) is 11.1 Å². The van der Waals surface area contributed by atoms with Crippen molar-refractivity contribution in [2.45, 2.75) is 32.3 Å². The monoisotopic (exact) mass is 374 g/mol. The molecule has 0 unspecified atom stereocenters. The fraction of sp³-hybridized carbons (Fsp3) is 0.240. The molecule has 0 amide bonds. The van der Waals surface area contributed by atoms with Crippen molar-refractivity contribution in [2.24, 2.45) is 0 Å². The minimum atomic E-state index is -0.887. The molecule has 0 bridgehead atoms. The van der Waals surface area contributed by atoms with Crippen LogP contribution in [0.3, 0.4) is 0 Å². The highest BCUT2D eigenvalue weighted by Crippen LogP contribution is 2.27. The molecule has 144 valence electrons. The van der Waals surface area contributed by atoms with Crippen LogP contribution in [0.15, 0.2) is 78.9 Å². The van der Waals surface area contributed by atoms with Crippen molar-refractivity contribution in [2.75, 3.05) is 6.61 Å². The van der Waals surface area contributed by atoms with Gasteiger partial charge in [-0.3, -0.25) is 4.79 Å². The van der Waals surface area contributed by atoms with Crippen LogP contribution >= 0.6 is 0 Å². The van der Waals surface area contributed by atoms with E-state index in [1.54, 1.807) is 13.8 Å². The lowest BCUT2D eigenvalue weighted by Gasteiger charge is -2.19. The van der Waals surface area contributed by atoms with E-state index in [1.165, 1.54) is 11.1 Å². The second-order valence-electron chi connectivity index (χ2n) is 7.49. The van der Waals surface area contributed by atoms with Gasteiger partial charge in [-0.15, -0.1) is 0 Å². The first kappa shape index (κ1) is 19.8. The fourth-order valence-electron chi connectivity index (χ4n) is 3.02. The molecular weight excluding hydrogens is 348 g/mol. The van der Waals surface area contributed by atoms with Gasteiger partial charge >= 0.3 is 5.97 Å². The van der Waals surface area contributed by atoms with Gasteiger partial charge in [0.1, 0.15) is 0 Å². The number of aliphatic carboxylic acids is 1. The molecule has 0 atom stereocenters. The van der Waals surface area contributed by atoms with Crippen molar-refractivity contribution in [3.63, 3.8) is 0 Å². The van der Waals surface area contributed by atoms with Gasteiger partial charge in [-0.25, -0.2) is 0 Å². The Morgan fingerprint density at radius 2 is 1.39 bits per heavy atom. The molecule has 1 N–H and O–H groups in total. The molecule has 0 heterocycles. The zero-order valence-corrected chi connectivity index (χ0v) is 16.4. The van der Waals surface area contributed by atoms with Crippen molar-refractivity contribution < 1.29 is 14.6 Å². The predicted molar refractivity (Wildman–Crippen MR) is 112 cm³/mol. The molecule has 3 heteroatoms. The minimum Gasteiger partial charge on any atom is -0.481 e. The Balaban J connectivity index is 1.56. The van der Waals surface area contributed by atoms with Crippen LogP contribution in [0.25, 0.3) is 11.1 Å². The molecule has 0 aliphatic heterocycles. The molecule has 0 saturated heterocycles. The van der Waals surface area contributed by atoms with E-state index in [4.69, 9.17) is 4.74 Å². The number of benzene rings is 3. The van der Waals surface area contributed by atoms with Gasteiger partial charge in [-0.05, 0) is 48.1 Å². The zero-order valence-electron chi connectivity index (χ0n) is 16.4. The fourth-order valence-corrected chi connectivity index (χ4v) is 3.02. The minimum absolute atomic E-state index is 0.637. The molecule has 0 radical (unpaired) electrons. The Morgan fingerprint density at radius 1 is 0.821 bits per heavy atom. The van der Waals surface area contributed by atoms with E-state index in [2.05, 4.69) is 36.4 Å². The average Bonchev–Trinajstić information content (AvgIpc) is 2.72. The molecule has 0 aliphatic carbocycles. The number of carbonyl (C=O) groups is 1. The Bertz CT molecular complexity index is 895. The number of rotatable bonds is 8. The molecule has 3 nitrogen and oxygen atoms in total. The highest BCUT2D eigenvalue weighted by Gasteiger charge is 2.29. The van der Waals surface area contributed by atoms with Crippen LogP contribution < -0.4 is 0 Å². The van der Waals surface area contributed by atoms with Gasteiger partial charge in [0.05, 0.1) is 18.6 Å². The summed E-state index contributed by atoms with van der Waals surface area (Å²) in [5, 5.41) is 9.35. The van der Waals surface area contributed by atoms with Gasteiger partial charge in [-0.2, -0.15) is 0 Å². The summed E-state index contributed by atoms with van der Waals surface area (Å²) in [6.07, 6.45) is 0.874. The maximum absolute atomic E-state index is 11.4. The molecule has 3 aromatic rings. The van der Waals surface area contributed by atoms with Gasteiger partial charge in [0.2, 0.25) is 0 Å². The van der Waals surface area contributed by atoms with Crippen LogP contribution in [0.4, 0.5) is 0 Å². The number of carboxylic acids is 1. The Morgan fingerprint density at radius 3 is 1.96 bits per heavy atom. The summed E-state index contributed by atoms with van der Waals surface area (Å²) in [6.45, 7) is 4.77. The maximum atomic E-state index is 11.4. The first-order valence-corrected chi connectivity index (χ1v) is 9.52. The first-order valence-electron chi connectivity index (χ1n) is 9.52. The van der Waals surface area contributed by atoms with Crippen LogP contribution in [0.1, 0.15) is 30.5 Å². The summed E-state index contributed by atoms with van der Waals surface area (Å²) in [5.74, 6) is -0.820. The number of carboxylic acid groups (broad SMARTS) is 1. The van der Waals surface area contributed by atoms with Gasteiger partial charge in [0, 0.05) is 0 Å². The summed E-state index contributed by atoms with van der Waals surface area (Å²) in [4.78, 5) is 11.4. The molecule has 0 aromatic heterocycles. The summed E-state index contributed by atoms with van der Waals surface area (Å²) >= 11 is 0. The van der Waals surface area contributed by atoms with Crippen LogP contribution in [0.5, 0.6) is 0 Å². The number of ether oxygens (including phenoxy) is 1. The summed E-state index contributed by atoms with van der Waals surface area (Å²) in [5.41, 5.74) is 4.54. The Labute approximate surface area is 166 Å². The second kappa shape index (κ2) is 8.85. The first-order chi connectivity index (χ1) is 13.5. The molecule has 3 aromatic carbocycles. The Kier molecular flexibility index (Phi) is 6.27. The summed E-state index contributed by atoms with van der Waals surface area (Å²) in [6, 6.07) is 26.4. The van der Waals surface area contributed by atoms with Crippen LogP contribution in [-0.2, 0) is 28.0 Å². The molecule has 0 fully saturated rings. The molecule has 0 saturated carbocycles. The lowest BCUT2D eigenvalue weighted by molar-refractivity contribution is -0.142. The number of hydrogen-bond donors (Lipinski definition) is 1. The lowest BCUT2D eigenvalue weighted by atomic mass is 9.84. The Hall–Kier alpha value is -2.91. The average molecular weight is 374 g/mol. The second-order valence-corrected chi connectivity index (χ2v) is 7.49. The normalized spacial score (nSPS) is 11.4. The van der Waals surface area contributed by atoms with Crippen LogP contribution in [0, 0.1) is 0 Å². The van der Waals surface area contributed by atoms with Gasteiger partial charge in [0.25, 0.3) is 0 Å². The highest BCUT2D eigenvalue weighted by atomic mass is 16.5. The third-order valence-corrected chi connectivity index (χ3v) is 5.08. The predicted octanol–water partition coefficient (Wildman–Crippen LogP) is 5.48. The summed E-state index contributed by atoms with van der Waals surface area (Å²) in [7, 11) is 0. The smallest absolute Gasteiger partial charge is 0.313 e. The van der Waals surface area contributed by atoms with E-state index in [9.17, 15) is 9.90 Å². The highest BCUT2D eigenvalue weighted by molar-refractivity contribution is 5.80. The quantitative estimate of drug-likeness (QED) is 0.532. The van der Waals surface area contributed by atoms with Crippen LogP contribution in [0.2, 0.25) is 0 Å². The van der Waals surface area contributed by atoms with Crippen molar-refractivity contribution in [3.05, 3.63) is 95.6 Å². The van der Waals surface area contributed by atoms with E-state index in [0.29, 0.717) is 13.2 Å². The number of hydrogen-bond acceptors (Lipinski definition) is 2. The SMILES string of the molecule is CC(C)(C(=O)O)c1ccc(-c2ccc(CCOCc3ccccc3)cc2)cc1. The van der Waals surface area contributed by atoms with E-state index in [0.717, 1.165) is 23.1 Å². The van der Waals surface area contributed by atoms with Crippen molar-refractivity contribution in [1.29, 1.82) is 0 Å². The summed E-state index contributed by atoms with van der Waals surface area (Å²) < 4.78 is 5.75. The standard InChI is InChI=1S/C25H26O3/c1-25(2,24(26)27)23-14-12-22(13-15-23)21-10-8-19(9-11-21)16-17-28-18-20-6-4-3-5-7-20/h3-15H,16-18H2,1-2H3,(H,26,27). The largest absolute Gasteiger partial charge is 0.481 e. The van der Waals surface area contributed by atoms with E-state index in [1.807, 2.05) is 42.5 Å². The lowest BCUT2D eigenvalue weighted by Crippen LogP contribution is -2.28. The van der Waals surface area contributed by atoms with E-state index in [-0.39, 0.29) is 0 Å². The molecule has 3 rings (SSSR count). The maximum Gasteiger partial charge on any atom is 0.313 e. The third-order valence-electron chi connectivity index (χ3n) is 5.08.